The molecule has 3 fully saturated rings. The number of sulfonamides is 1. The van der Waals surface area contributed by atoms with Crippen LogP contribution in [-0.4, -0.2) is 110 Å². The Labute approximate surface area is 347 Å². The van der Waals surface area contributed by atoms with Crippen molar-refractivity contribution in [3.63, 3.8) is 0 Å². The summed E-state index contributed by atoms with van der Waals surface area (Å²) in [5, 5.41) is 6.49. The minimum atomic E-state index is -4.45. The second-order valence-corrected chi connectivity index (χ2v) is 19.4. The van der Waals surface area contributed by atoms with Crippen LogP contribution in [-0.2, 0) is 29.1 Å². The topological polar surface area (TPSA) is 192 Å². The summed E-state index contributed by atoms with van der Waals surface area (Å²) in [7, 11) is -1.49. The number of ether oxygens (including phenoxy) is 4. The van der Waals surface area contributed by atoms with E-state index in [0.29, 0.717) is 48.5 Å². The van der Waals surface area contributed by atoms with Crippen molar-refractivity contribution in [2.45, 2.75) is 120 Å². The van der Waals surface area contributed by atoms with Gasteiger partial charge in [-0.2, -0.15) is 0 Å². The van der Waals surface area contributed by atoms with Gasteiger partial charge in [0.1, 0.15) is 35.1 Å². The minimum Gasteiger partial charge on any atom is -0.493 e. The molecule has 19 heteroatoms. The molecule has 4 aliphatic rings. The van der Waals surface area contributed by atoms with Crippen molar-refractivity contribution in [2.24, 2.45) is 17.8 Å². The number of carbonyl (C=O) groups excluding carboxylic acids is 4. The van der Waals surface area contributed by atoms with Gasteiger partial charge in [0, 0.05) is 30.8 Å². The Kier molecular flexibility index (Phi) is 12.4. The Morgan fingerprint density at radius 2 is 1.75 bits per heavy atom. The van der Waals surface area contributed by atoms with Gasteiger partial charge in [0.2, 0.25) is 27.7 Å². The molecule has 1 aromatic heterocycles. The van der Waals surface area contributed by atoms with Crippen LogP contribution in [0.2, 0.25) is 0 Å². The Balaban J connectivity index is 1.37. The van der Waals surface area contributed by atoms with Gasteiger partial charge in [-0.15, -0.1) is 0 Å². The van der Waals surface area contributed by atoms with Gasteiger partial charge in [-0.1, -0.05) is 26.0 Å². The fourth-order valence-electron chi connectivity index (χ4n) is 7.95. The van der Waals surface area contributed by atoms with Crippen LogP contribution in [0, 0.1) is 17.8 Å². The van der Waals surface area contributed by atoms with Crippen molar-refractivity contribution >= 4 is 44.6 Å². The molecule has 7 atom stereocenters. The number of hydrogen-bond donors (Lipinski definition) is 3. The third-order valence-corrected chi connectivity index (χ3v) is 14.6. The molecule has 4 amide bonds. The molecule has 0 spiro atoms. The predicted molar refractivity (Wildman–Crippen MR) is 213 cm³/mol. The molecule has 0 bridgehead atoms. The second-order valence-electron chi connectivity index (χ2n) is 17.3. The van der Waals surface area contributed by atoms with E-state index in [0.717, 1.165) is 13.8 Å². The zero-order valence-electron chi connectivity index (χ0n) is 34.8. The lowest BCUT2D eigenvalue weighted by atomic mass is 9.88. The van der Waals surface area contributed by atoms with Crippen molar-refractivity contribution in [2.75, 3.05) is 27.4 Å². The molecule has 2 saturated carbocycles. The number of nitrogens with zero attached hydrogens (tertiary/aromatic N) is 2. The molecule has 2 aliphatic heterocycles. The van der Waals surface area contributed by atoms with E-state index in [1.54, 1.807) is 31.2 Å². The van der Waals surface area contributed by atoms with Crippen LogP contribution in [0.3, 0.4) is 0 Å². The number of benzene rings is 1. The quantitative estimate of drug-likeness (QED) is 0.259. The van der Waals surface area contributed by atoms with Crippen molar-refractivity contribution in [3.8, 4) is 17.4 Å². The monoisotopic (exact) mass is 865 g/mol. The van der Waals surface area contributed by atoms with Crippen LogP contribution >= 0.6 is 0 Å². The smallest absolute Gasteiger partial charge is 0.408 e. The third kappa shape index (κ3) is 8.82. The van der Waals surface area contributed by atoms with E-state index in [9.17, 15) is 40.8 Å². The lowest BCUT2D eigenvalue weighted by Crippen LogP contribution is -2.60. The molecule has 3 heterocycles. The largest absolute Gasteiger partial charge is 0.493 e. The summed E-state index contributed by atoms with van der Waals surface area (Å²) in [6.07, 6.45) is 4.45. The summed E-state index contributed by atoms with van der Waals surface area (Å²) < 4.78 is 92.0. The van der Waals surface area contributed by atoms with Crippen LogP contribution < -0.4 is 29.6 Å². The highest BCUT2D eigenvalue weighted by Gasteiger charge is 2.64. The number of fused-ring (bicyclic) bond motifs is 3. The van der Waals surface area contributed by atoms with Gasteiger partial charge in [-0.25, -0.2) is 31.4 Å². The first-order chi connectivity index (χ1) is 28.1. The molecule has 1 unspecified atom stereocenters. The number of hydrogen-bond acceptors (Lipinski definition) is 11. The van der Waals surface area contributed by atoms with Gasteiger partial charge in [-0.3, -0.25) is 19.1 Å². The number of alkyl carbamates (subject to hydrolysis) is 1. The molecular weight excluding hydrogens is 812 g/mol. The molecule has 1 aromatic carbocycles. The first-order valence-corrected chi connectivity index (χ1v) is 21.6. The maximum Gasteiger partial charge on any atom is 0.408 e. The van der Waals surface area contributed by atoms with Gasteiger partial charge in [0.05, 0.1) is 20.8 Å². The summed E-state index contributed by atoms with van der Waals surface area (Å²) in [6.45, 7) is 4.99. The van der Waals surface area contributed by atoms with E-state index in [-0.39, 0.29) is 44.0 Å². The highest BCUT2D eigenvalue weighted by atomic mass is 32.2. The molecule has 6 rings (SSSR count). The average Bonchev–Trinajstić information content (AvgIpc) is 4.08. The van der Waals surface area contributed by atoms with E-state index in [4.69, 9.17) is 18.9 Å². The van der Waals surface area contributed by atoms with Crippen LogP contribution in [0.15, 0.2) is 36.5 Å². The Bertz CT molecular complexity index is 2150. The molecule has 2 aromatic rings. The summed E-state index contributed by atoms with van der Waals surface area (Å²) in [5.41, 5.74) is -3.99. The Morgan fingerprint density at radius 3 is 2.38 bits per heavy atom. The molecule has 2 aliphatic carbocycles. The Hall–Kier alpha value is -4.81. The van der Waals surface area contributed by atoms with E-state index in [1.807, 2.05) is 17.7 Å². The highest BCUT2D eigenvalue weighted by molar-refractivity contribution is 7.91. The van der Waals surface area contributed by atoms with Gasteiger partial charge >= 0.3 is 6.09 Å². The number of methoxy groups -OCH3 is 2. The van der Waals surface area contributed by atoms with E-state index in [2.05, 4.69) is 15.6 Å². The zero-order valence-corrected chi connectivity index (χ0v) is 35.6. The number of amides is 4. The predicted octanol–water partition coefficient (Wildman–Crippen LogP) is 4.96. The van der Waals surface area contributed by atoms with Gasteiger partial charge < -0.3 is 34.5 Å². The summed E-state index contributed by atoms with van der Waals surface area (Å²) in [4.78, 5) is 62.3. The molecule has 330 valence electrons. The summed E-state index contributed by atoms with van der Waals surface area (Å²) >= 11 is 0. The minimum absolute atomic E-state index is 0.0228. The standard InChI is InChI=1S/C41H54F3N5O10S/c1-23-10-8-9-11-26-20-41(26,36(52)48-60(54,55)40(22-42)13-14-40)47-33(50)29-18-27(58-34-28-19-31(57-7)30(56-6)17-25(28)12-15-45-34)21-49(29)35(51)32(24(2)16-23)46-37(53)59-38(3,4)39(5,43)44/h9,11-12,15,17,19,23-24,26-27,29,32H,8,10,13-14,16,18,20-22H2,1-7H3,(H,46,53)(H,47,50)(H,48,52)/b11-9-/t23-,24-,26?,27-,29+,32+,41-/m1/s1. The molecular formula is C41H54F3N5O10S. The van der Waals surface area contributed by atoms with Crippen molar-refractivity contribution < 1.29 is 59.7 Å². The van der Waals surface area contributed by atoms with E-state index >= 15 is 0 Å². The first kappa shape index (κ1) is 44.7. The SMILES string of the molecule is COc1cc2ccnc(O[C@@H]3C[C@H]4C(=O)N[C@]5(C(=O)NS(=O)(=O)C6(CF)CC6)CC5/C=C\CC[C@@H](C)C[C@@H](C)[C@H](NC(=O)OC(C)(C)C(C)(F)F)C(=O)N4C3)c2cc1OC. The molecule has 1 saturated heterocycles. The van der Waals surface area contributed by atoms with Gasteiger partial charge in [0.15, 0.2) is 17.1 Å². The molecule has 3 N–H and O–H groups in total. The Morgan fingerprint density at radius 1 is 1.07 bits per heavy atom. The number of rotatable bonds is 11. The lowest BCUT2D eigenvalue weighted by Gasteiger charge is -2.35. The van der Waals surface area contributed by atoms with Crippen LogP contribution in [0.25, 0.3) is 10.8 Å². The van der Waals surface area contributed by atoms with Crippen molar-refractivity contribution in [1.29, 1.82) is 0 Å². The maximum atomic E-state index is 14.9. The summed E-state index contributed by atoms with van der Waals surface area (Å²) in [6, 6.07) is 2.43. The van der Waals surface area contributed by atoms with E-state index < -0.39 is 92.3 Å². The molecule has 0 radical (unpaired) electrons. The number of nitrogens with one attached hydrogen (secondary N) is 3. The average molecular weight is 866 g/mol. The second kappa shape index (κ2) is 16.6. The normalized spacial score (nSPS) is 28.8. The number of allylic oxidation sites excluding steroid dienone is 1. The van der Waals surface area contributed by atoms with Gasteiger partial charge in [-0.05, 0) is 87.8 Å². The first-order valence-electron chi connectivity index (χ1n) is 20.1. The maximum absolute atomic E-state index is 14.9. The lowest BCUT2D eigenvalue weighted by molar-refractivity contribution is -0.152. The zero-order chi connectivity index (χ0) is 44.0. The van der Waals surface area contributed by atoms with Crippen molar-refractivity contribution in [1.82, 2.24) is 25.2 Å². The number of aromatic nitrogens is 1. The van der Waals surface area contributed by atoms with E-state index in [1.165, 1.54) is 25.3 Å². The number of alkyl halides is 3. The number of pyridine rings is 1. The fraction of sp³-hybridized carbons (Fsp3) is 0.634. The van der Waals surface area contributed by atoms with Crippen LogP contribution in [0.5, 0.6) is 17.4 Å². The van der Waals surface area contributed by atoms with Crippen LogP contribution in [0.4, 0.5) is 18.0 Å². The number of carbonyl (C=O) groups is 4. The molecule has 15 nitrogen and oxygen atoms in total. The third-order valence-electron chi connectivity index (χ3n) is 12.5. The number of halogens is 3. The van der Waals surface area contributed by atoms with Gasteiger partial charge in [0.25, 0.3) is 11.8 Å². The van der Waals surface area contributed by atoms with Crippen LogP contribution in [0.1, 0.15) is 79.6 Å². The molecule has 60 heavy (non-hydrogen) atoms. The fourth-order valence-corrected chi connectivity index (χ4v) is 9.38. The van der Waals surface area contributed by atoms with Crippen molar-refractivity contribution in [3.05, 3.63) is 36.5 Å². The summed E-state index contributed by atoms with van der Waals surface area (Å²) in [5.74, 6) is -6.26. The highest BCUT2D eigenvalue weighted by Crippen LogP contribution is 2.48.